The monoisotopic (exact) mass is 253 g/mol. The first-order valence-corrected chi connectivity index (χ1v) is 5.97. The maximum absolute atomic E-state index is 13.2. The van der Waals surface area contributed by atoms with E-state index in [4.69, 9.17) is 5.11 Å². The summed E-state index contributed by atoms with van der Waals surface area (Å²) in [5.74, 6) is -1.30. The number of hydrogen-bond donors (Lipinski definition) is 2. The summed E-state index contributed by atoms with van der Waals surface area (Å²) < 4.78 is 13.2. The number of carboxylic acid groups (broad SMARTS) is 1. The van der Waals surface area contributed by atoms with Gasteiger partial charge in [0.15, 0.2) is 0 Å². The second-order valence-corrected chi connectivity index (χ2v) is 4.61. The van der Waals surface area contributed by atoms with Gasteiger partial charge in [-0.15, -0.1) is 0 Å². The minimum absolute atomic E-state index is 0.0000567. The molecule has 1 fully saturated rings. The minimum atomic E-state index is -0.866. The molecule has 0 radical (unpaired) electrons. The molecule has 2 unspecified atom stereocenters. The summed E-state index contributed by atoms with van der Waals surface area (Å²) in [6.45, 7) is 2.43. The summed E-state index contributed by atoms with van der Waals surface area (Å²) in [5, 5.41) is 18.9. The van der Waals surface area contributed by atoms with Crippen molar-refractivity contribution in [3.05, 3.63) is 29.6 Å². The highest BCUT2D eigenvalue weighted by atomic mass is 19.1. The Labute approximate surface area is 105 Å². The van der Waals surface area contributed by atoms with Gasteiger partial charge in [0.25, 0.3) is 0 Å². The molecule has 0 aliphatic carbocycles. The fraction of sp³-hybridized carbons (Fsp3) is 0.462. The molecule has 98 valence electrons. The van der Waals surface area contributed by atoms with E-state index < -0.39 is 17.8 Å². The van der Waals surface area contributed by atoms with Crippen molar-refractivity contribution in [2.24, 2.45) is 0 Å². The Kier molecular flexibility index (Phi) is 3.52. The minimum Gasteiger partial charge on any atom is -0.508 e. The van der Waals surface area contributed by atoms with Gasteiger partial charge in [-0.1, -0.05) is 0 Å². The molecule has 0 amide bonds. The molecule has 2 N–H and O–H groups in total. The van der Waals surface area contributed by atoms with Crippen molar-refractivity contribution in [1.29, 1.82) is 0 Å². The van der Waals surface area contributed by atoms with Crippen LogP contribution < -0.4 is 0 Å². The molecule has 18 heavy (non-hydrogen) atoms. The van der Waals surface area contributed by atoms with Crippen molar-refractivity contribution >= 4 is 5.97 Å². The number of likely N-dealkylation sites (tertiary alicyclic amines) is 1. The number of carboxylic acids is 1. The number of aromatic hydroxyl groups is 1. The average molecular weight is 253 g/mol. The van der Waals surface area contributed by atoms with Crippen LogP contribution in [0.3, 0.4) is 0 Å². The van der Waals surface area contributed by atoms with Crippen molar-refractivity contribution in [2.75, 3.05) is 6.54 Å². The Morgan fingerprint density at radius 2 is 2.28 bits per heavy atom. The molecule has 1 aromatic carbocycles. The van der Waals surface area contributed by atoms with E-state index in [1.165, 1.54) is 18.2 Å². The number of rotatable bonds is 3. The summed E-state index contributed by atoms with van der Waals surface area (Å²) in [7, 11) is 0. The third kappa shape index (κ3) is 2.31. The van der Waals surface area contributed by atoms with E-state index >= 15 is 0 Å². The van der Waals surface area contributed by atoms with Gasteiger partial charge in [0.05, 0.1) is 0 Å². The topological polar surface area (TPSA) is 60.8 Å². The number of carbonyl (C=O) groups is 1. The van der Waals surface area contributed by atoms with E-state index in [0.29, 0.717) is 18.5 Å². The van der Waals surface area contributed by atoms with Gasteiger partial charge in [0.1, 0.15) is 17.6 Å². The van der Waals surface area contributed by atoms with Crippen LogP contribution in [0, 0.1) is 5.82 Å². The second kappa shape index (κ2) is 4.94. The predicted molar refractivity (Wildman–Crippen MR) is 63.8 cm³/mol. The zero-order valence-corrected chi connectivity index (χ0v) is 10.1. The molecule has 2 atom stereocenters. The van der Waals surface area contributed by atoms with Crippen LogP contribution in [-0.4, -0.2) is 33.7 Å². The zero-order valence-electron chi connectivity index (χ0n) is 10.1. The average Bonchev–Trinajstić information content (AvgIpc) is 2.80. The Morgan fingerprint density at radius 1 is 1.56 bits per heavy atom. The van der Waals surface area contributed by atoms with Crippen LogP contribution in [0.5, 0.6) is 5.75 Å². The highest BCUT2D eigenvalue weighted by molar-refractivity contribution is 5.74. The number of nitrogens with zero attached hydrogens (tertiary/aromatic N) is 1. The molecule has 5 heteroatoms. The molecule has 4 nitrogen and oxygen atoms in total. The highest BCUT2D eigenvalue weighted by Crippen LogP contribution is 2.33. The molecule has 1 aromatic rings. The number of phenolic OH excluding ortho intramolecular Hbond substituents is 1. The summed E-state index contributed by atoms with van der Waals surface area (Å²) in [6, 6.07) is 2.88. The maximum Gasteiger partial charge on any atom is 0.320 e. The lowest BCUT2D eigenvalue weighted by Crippen LogP contribution is -2.37. The number of aliphatic carboxylic acids is 1. The second-order valence-electron chi connectivity index (χ2n) is 4.61. The van der Waals surface area contributed by atoms with Crippen molar-refractivity contribution in [3.8, 4) is 5.75 Å². The molecule has 0 aromatic heterocycles. The highest BCUT2D eigenvalue weighted by Gasteiger charge is 2.34. The van der Waals surface area contributed by atoms with Gasteiger partial charge in [0, 0.05) is 11.6 Å². The third-order valence-corrected chi connectivity index (χ3v) is 3.52. The molecular formula is C13H16FNO3. The van der Waals surface area contributed by atoms with Gasteiger partial charge >= 0.3 is 5.97 Å². The zero-order chi connectivity index (χ0) is 13.3. The standard InChI is InChI=1S/C13H16FNO3/c1-8(10-7-9(14)4-5-12(10)16)15-6-2-3-11(15)13(17)18/h4-5,7-8,11,16H,2-3,6H2,1H3,(H,17,18). The Morgan fingerprint density at radius 3 is 2.94 bits per heavy atom. The molecule has 0 spiro atoms. The van der Waals surface area contributed by atoms with Crippen LogP contribution in [-0.2, 0) is 4.79 Å². The Hall–Kier alpha value is -1.62. The summed E-state index contributed by atoms with van der Waals surface area (Å²) in [4.78, 5) is 12.9. The number of phenols is 1. The van der Waals surface area contributed by atoms with Crippen molar-refractivity contribution < 1.29 is 19.4 Å². The smallest absolute Gasteiger partial charge is 0.320 e. The molecule has 1 aliphatic rings. The van der Waals surface area contributed by atoms with Crippen LogP contribution in [0.25, 0.3) is 0 Å². The van der Waals surface area contributed by atoms with Crippen LogP contribution in [0.15, 0.2) is 18.2 Å². The predicted octanol–water partition coefficient (Wildman–Crippen LogP) is 2.14. The molecule has 1 heterocycles. The van der Waals surface area contributed by atoms with E-state index in [9.17, 15) is 14.3 Å². The summed E-state index contributed by atoms with van der Waals surface area (Å²) in [5.41, 5.74) is 0.433. The molecule has 1 saturated heterocycles. The van der Waals surface area contributed by atoms with Crippen LogP contribution in [0.1, 0.15) is 31.4 Å². The number of hydrogen-bond acceptors (Lipinski definition) is 3. The normalized spacial score (nSPS) is 22.0. The van der Waals surface area contributed by atoms with Crippen molar-refractivity contribution in [1.82, 2.24) is 4.90 Å². The lowest BCUT2D eigenvalue weighted by atomic mass is 10.0. The fourth-order valence-electron chi connectivity index (χ4n) is 2.56. The van der Waals surface area contributed by atoms with Crippen molar-refractivity contribution in [3.63, 3.8) is 0 Å². The molecule has 0 saturated carbocycles. The SMILES string of the molecule is CC(c1cc(F)ccc1O)N1CCCC1C(=O)O. The van der Waals surface area contributed by atoms with Crippen molar-refractivity contribution in [2.45, 2.75) is 31.8 Å². The molecule has 2 rings (SSSR count). The van der Waals surface area contributed by atoms with E-state index in [-0.39, 0.29) is 11.8 Å². The lowest BCUT2D eigenvalue weighted by molar-refractivity contribution is -0.142. The maximum atomic E-state index is 13.2. The van der Waals surface area contributed by atoms with Crippen LogP contribution >= 0.6 is 0 Å². The van der Waals surface area contributed by atoms with Gasteiger partial charge in [-0.05, 0) is 44.5 Å². The largest absolute Gasteiger partial charge is 0.508 e. The molecule has 0 bridgehead atoms. The van der Waals surface area contributed by atoms with Crippen LogP contribution in [0.4, 0.5) is 4.39 Å². The van der Waals surface area contributed by atoms with E-state index in [0.717, 1.165) is 6.42 Å². The third-order valence-electron chi connectivity index (χ3n) is 3.52. The Balaban J connectivity index is 2.27. The first-order valence-electron chi connectivity index (χ1n) is 5.97. The van der Waals surface area contributed by atoms with E-state index in [2.05, 4.69) is 0 Å². The van der Waals surface area contributed by atoms with Gasteiger partial charge < -0.3 is 10.2 Å². The summed E-state index contributed by atoms with van der Waals surface area (Å²) >= 11 is 0. The number of halogens is 1. The van der Waals surface area contributed by atoms with Gasteiger partial charge in [-0.25, -0.2) is 4.39 Å². The van der Waals surface area contributed by atoms with Crippen LogP contribution in [0.2, 0.25) is 0 Å². The molecule has 1 aliphatic heterocycles. The number of benzene rings is 1. The Bertz CT molecular complexity index is 464. The lowest BCUT2D eigenvalue weighted by Gasteiger charge is -2.28. The quantitative estimate of drug-likeness (QED) is 0.866. The fourth-order valence-corrected chi connectivity index (χ4v) is 2.56. The van der Waals surface area contributed by atoms with Gasteiger partial charge in [-0.2, -0.15) is 0 Å². The van der Waals surface area contributed by atoms with Gasteiger partial charge in [0.2, 0.25) is 0 Å². The first kappa shape index (κ1) is 12.8. The van der Waals surface area contributed by atoms with E-state index in [1.54, 1.807) is 11.8 Å². The van der Waals surface area contributed by atoms with E-state index in [1.807, 2.05) is 0 Å². The molecular weight excluding hydrogens is 237 g/mol. The summed E-state index contributed by atoms with van der Waals surface area (Å²) in [6.07, 6.45) is 1.40. The van der Waals surface area contributed by atoms with Gasteiger partial charge in [-0.3, -0.25) is 9.69 Å². The first-order chi connectivity index (χ1) is 8.50.